The fourth-order valence-electron chi connectivity index (χ4n) is 3.08. The molecule has 0 aromatic heterocycles. The van der Waals surface area contributed by atoms with Crippen LogP contribution in [0, 0.1) is 11.7 Å². The second-order valence-electron chi connectivity index (χ2n) is 8.98. The Hall–Kier alpha value is -2.84. The predicted molar refractivity (Wildman–Crippen MR) is 118 cm³/mol. The lowest BCUT2D eigenvalue weighted by Crippen LogP contribution is -2.42. The Morgan fingerprint density at radius 2 is 1.91 bits per heavy atom. The molecule has 1 aromatic carbocycles. The minimum Gasteiger partial charge on any atom is -0.488 e. The van der Waals surface area contributed by atoms with Crippen LogP contribution in [0.3, 0.4) is 0 Å². The maximum atomic E-state index is 14.9. The highest BCUT2D eigenvalue weighted by molar-refractivity contribution is 5.74. The molecule has 0 aliphatic carbocycles. The van der Waals surface area contributed by atoms with Crippen molar-refractivity contribution in [3.63, 3.8) is 0 Å². The van der Waals surface area contributed by atoms with Gasteiger partial charge in [-0.3, -0.25) is 9.59 Å². The summed E-state index contributed by atoms with van der Waals surface area (Å²) in [6.45, 7) is 6.97. The van der Waals surface area contributed by atoms with Gasteiger partial charge in [0, 0.05) is 12.8 Å². The average Bonchev–Trinajstić information content (AvgIpc) is 2.63. The molecule has 180 valence electrons. The van der Waals surface area contributed by atoms with E-state index in [9.17, 15) is 18.8 Å². The van der Waals surface area contributed by atoms with Crippen LogP contribution in [0.15, 0.2) is 18.2 Å². The number of benzene rings is 1. The van der Waals surface area contributed by atoms with Crippen LogP contribution in [-0.2, 0) is 20.7 Å². The molecule has 9 heteroatoms. The van der Waals surface area contributed by atoms with E-state index >= 15 is 0 Å². The topological polar surface area (TPSA) is 128 Å². The van der Waals surface area contributed by atoms with Gasteiger partial charge in [-0.15, -0.1) is 0 Å². The van der Waals surface area contributed by atoms with Gasteiger partial charge in [-0.05, 0) is 64.0 Å². The van der Waals surface area contributed by atoms with Crippen LogP contribution in [0.1, 0.15) is 65.4 Å². The third-order valence-electron chi connectivity index (χ3n) is 4.61. The van der Waals surface area contributed by atoms with Crippen LogP contribution in [0.2, 0.25) is 0 Å². The van der Waals surface area contributed by atoms with Crippen LogP contribution < -0.4 is 15.8 Å². The lowest BCUT2D eigenvalue weighted by atomic mass is 9.98. The van der Waals surface area contributed by atoms with E-state index in [-0.39, 0.29) is 37.5 Å². The molecule has 0 bridgehead atoms. The molecular weight excluding hydrogens is 419 g/mol. The van der Waals surface area contributed by atoms with Crippen molar-refractivity contribution in [3.05, 3.63) is 29.6 Å². The molecule has 8 nitrogen and oxygen atoms in total. The monoisotopic (exact) mass is 454 g/mol. The molecule has 32 heavy (non-hydrogen) atoms. The number of hydrogen-bond donors (Lipinski definition) is 3. The van der Waals surface area contributed by atoms with Crippen LogP contribution in [0.4, 0.5) is 9.18 Å². The summed E-state index contributed by atoms with van der Waals surface area (Å²) < 4.78 is 25.7. The third kappa shape index (κ3) is 11.5. The van der Waals surface area contributed by atoms with Gasteiger partial charge in [-0.25, -0.2) is 9.18 Å². The number of alkyl carbamates (subject to hydrolysis) is 1. The van der Waals surface area contributed by atoms with Crippen molar-refractivity contribution in [2.75, 3.05) is 6.61 Å². The van der Waals surface area contributed by atoms with Gasteiger partial charge in [0.05, 0.1) is 6.04 Å². The van der Waals surface area contributed by atoms with E-state index in [1.165, 1.54) is 6.07 Å². The van der Waals surface area contributed by atoms with Crippen molar-refractivity contribution in [2.45, 2.75) is 77.9 Å². The van der Waals surface area contributed by atoms with Gasteiger partial charge in [0.2, 0.25) is 5.91 Å². The number of nitrogens with two attached hydrogens (primary N) is 1. The number of halogens is 1. The smallest absolute Gasteiger partial charge is 0.407 e. The number of carbonyl (C=O) groups excluding carboxylic acids is 2. The second kappa shape index (κ2) is 12.9. The van der Waals surface area contributed by atoms with Gasteiger partial charge >= 0.3 is 12.1 Å². The number of carbonyl (C=O) groups is 3. The number of primary amides is 1. The summed E-state index contributed by atoms with van der Waals surface area (Å²) in [7, 11) is 0. The largest absolute Gasteiger partial charge is 0.488 e. The highest BCUT2D eigenvalue weighted by Gasteiger charge is 2.21. The van der Waals surface area contributed by atoms with Gasteiger partial charge < -0.3 is 25.6 Å². The predicted octanol–water partition coefficient (Wildman–Crippen LogP) is 3.80. The van der Waals surface area contributed by atoms with E-state index in [0.717, 1.165) is 0 Å². The van der Waals surface area contributed by atoms with Crippen molar-refractivity contribution in [2.24, 2.45) is 11.7 Å². The number of carboxylic acid groups (broad SMARTS) is 1. The second-order valence-corrected chi connectivity index (χ2v) is 8.98. The Morgan fingerprint density at radius 3 is 2.50 bits per heavy atom. The normalized spacial score (nSPS) is 13.2. The lowest BCUT2D eigenvalue weighted by Gasteiger charge is -2.24. The van der Waals surface area contributed by atoms with E-state index in [4.69, 9.17) is 20.3 Å². The minimum atomic E-state index is -0.843. The summed E-state index contributed by atoms with van der Waals surface area (Å²) in [5, 5.41) is 11.5. The first-order valence-corrected chi connectivity index (χ1v) is 10.8. The Labute approximate surface area is 188 Å². The quantitative estimate of drug-likeness (QED) is 0.416. The summed E-state index contributed by atoms with van der Waals surface area (Å²) >= 11 is 0. The fourth-order valence-corrected chi connectivity index (χ4v) is 3.08. The van der Waals surface area contributed by atoms with Crippen LogP contribution >= 0.6 is 0 Å². The van der Waals surface area contributed by atoms with Gasteiger partial charge in [0.15, 0.2) is 11.6 Å². The standard InChI is InChI=1S/C23H35FN2O6/c1-15(13-20(28)29)7-5-8-16-9-6-10-18(21(16)24)31-14-17(11-12-19(25)27)26-22(30)32-23(2,3)4/h6,9-10,15,17H,5,7-8,11-14H2,1-4H3,(H2,25,27)(H,26,30)(H,28,29)/t15?,17-/m0/s1. The molecule has 0 fully saturated rings. The van der Waals surface area contributed by atoms with E-state index in [1.54, 1.807) is 32.9 Å². The molecule has 0 spiro atoms. The van der Waals surface area contributed by atoms with Crippen molar-refractivity contribution in [1.82, 2.24) is 5.32 Å². The van der Waals surface area contributed by atoms with E-state index in [1.807, 2.05) is 6.92 Å². The summed E-state index contributed by atoms with van der Waals surface area (Å²) in [5.41, 5.74) is 4.98. The Kier molecular flexibility index (Phi) is 10.9. The Balaban J connectivity index is 2.71. The van der Waals surface area contributed by atoms with Crippen molar-refractivity contribution >= 4 is 18.0 Å². The molecule has 1 aromatic rings. The molecule has 0 heterocycles. The summed E-state index contributed by atoms with van der Waals surface area (Å²) in [4.78, 5) is 34.0. The molecule has 1 unspecified atom stereocenters. The maximum Gasteiger partial charge on any atom is 0.407 e. The van der Waals surface area contributed by atoms with Crippen LogP contribution in [0.5, 0.6) is 5.75 Å². The number of nitrogens with one attached hydrogen (secondary N) is 1. The summed E-state index contributed by atoms with van der Waals surface area (Å²) in [6.07, 6.45) is 1.44. The van der Waals surface area contributed by atoms with Crippen LogP contribution in [-0.4, -0.2) is 41.3 Å². The molecule has 0 aliphatic rings. The zero-order valence-electron chi connectivity index (χ0n) is 19.3. The van der Waals surface area contributed by atoms with Gasteiger partial charge in [0.25, 0.3) is 0 Å². The van der Waals surface area contributed by atoms with E-state index < -0.39 is 35.4 Å². The first-order valence-electron chi connectivity index (χ1n) is 10.8. The SMILES string of the molecule is CC(CCCc1cccc(OC[C@H](CCC(N)=O)NC(=O)OC(C)(C)C)c1F)CC(=O)O. The van der Waals surface area contributed by atoms with Crippen molar-refractivity contribution in [1.29, 1.82) is 0 Å². The Bertz CT molecular complexity index is 778. The van der Waals surface area contributed by atoms with Gasteiger partial charge in [-0.1, -0.05) is 19.1 Å². The molecule has 4 N–H and O–H groups in total. The number of amides is 2. The van der Waals surface area contributed by atoms with Gasteiger partial charge in [0.1, 0.15) is 12.2 Å². The molecule has 1 rings (SSSR count). The number of rotatable bonds is 13. The highest BCUT2D eigenvalue weighted by atomic mass is 19.1. The van der Waals surface area contributed by atoms with E-state index in [0.29, 0.717) is 24.8 Å². The number of ether oxygens (including phenoxy) is 2. The van der Waals surface area contributed by atoms with Gasteiger partial charge in [-0.2, -0.15) is 0 Å². The molecular formula is C23H35FN2O6. The maximum absolute atomic E-state index is 14.9. The lowest BCUT2D eigenvalue weighted by molar-refractivity contribution is -0.138. The summed E-state index contributed by atoms with van der Waals surface area (Å²) in [6, 6.07) is 4.23. The highest BCUT2D eigenvalue weighted by Crippen LogP contribution is 2.23. The molecule has 2 atom stereocenters. The molecule has 2 amide bonds. The average molecular weight is 455 g/mol. The van der Waals surface area contributed by atoms with E-state index in [2.05, 4.69) is 5.32 Å². The first kappa shape index (κ1) is 27.2. The number of aliphatic carboxylic acids is 1. The molecule has 0 saturated carbocycles. The number of hydrogen-bond acceptors (Lipinski definition) is 5. The Morgan fingerprint density at radius 1 is 1.22 bits per heavy atom. The first-order chi connectivity index (χ1) is 14.9. The molecule has 0 aliphatic heterocycles. The molecule has 0 saturated heterocycles. The number of carboxylic acids is 1. The van der Waals surface area contributed by atoms with Crippen LogP contribution in [0.25, 0.3) is 0 Å². The zero-order valence-corrected chi connectivity index (χ0v) is 19.3. The number of aryl methyl sites for hydroxylation is 1. The summed E-state index contributed by atoms with van der Waals surface area (Å²) in [5.74, 6) is -1.81. The molecule has 0 radical (unpaired) electrons. The van der Waals surface area contributed by atoms with Crippen molar-refractivity contribution < 1.29 is 33.4 Å². The third-order valence-corrected chi connectivity index (χ3v) is 4.61. The minimum absolute atomic E-state index is 0.0138. The van der Waals surface area contributed by atoms with Crippen molar-refractivity contribution in [3.8, 4) is 5.75 Å². The fraction of sp³-hybridized carbons (Fsp3) is 0.609. The zero-order chi connectivity index (χ0) is 24.3.